The van der Waals surface area contributed by atoms with E-state index in [4.69, 9.17) is 34.6 Å². The SMILES string of the molecule is CC(O)(CCO)C(F)(F)F.CC(O)(CCOC(=O)c1cc(C(=O)OCCC(O)(C(F)(F)F)C(F)(F)F)cc(S(=O)(=O)O)c1)C(F)(F)F.O=C(O)c1cc(C(=O)O)cc(S(=O)(=O)O)c1. The van der Waals surface area contributed by atoms with Crippen molar-refractivity contribution < 1.29 is 138 Å². The van der Waals surface area contributed by atoms with Crippen molar-refractivity contribution in [1.29, 1.82) is 0 Å². The predicted molar refractivity (Wildman–Crippen MR) is 178 cm³/mol. The fraction of sp³-hybridized carbons (Fsp3) is 0.484. The highest BCUT2D eigenvalue weighted by Crippen LogP contribution is 2.45. The van der Waals surface area contributed by atoms with Gasteiger partial charge in [-0.15, -0.1) is 0 Å². The van der Waals surface area contributed by atoms with Crippen LogP contribution in [0.25, 0.3) is 0 Å². The summed E-state index contributed by atoms with van der Waals surface area (Å²) in [5, 5.41) is 52.2. The third kappa shape index (κ3) is 17.0. The highest BCUT2D eigenvalue weighted by Gasteiger charge is 2.70. The fourth-order valence-electron chi connectivity index (χ4n) is 3.72. The molecule has 0 saturated carbocycles. The van der Waals surface area contributed by atoms with Gasteiger partial charge in [0.2, 0.25) is 0 Å². The monoisotopic (exact) mass is 984 g/mol. The van der Waals surface area contributed by atoms with Crippen LogP contribution in [0.15, 0.2) is 46.2 Å². The van der Waals surface area contributed by atoms with Crippen LogP contribution in [0.3, 0.4) is 0 Å². The van der Waals surface area contributed by atoms with Crippen LogP contribution >= 0.6 is 0 Å². The summed E-state index contributed by atoms with van der Waals surface area (Å²) in [6.45, 7) is -2.49. The molecule has 2 atom stereocenters. The van der Waals surface area contributed by atoms with Crippen LogP contribution in [0.1, 0.15) is 74.5 Å². The van der Waals surface area contributed by atoms with Crippen LogP contribution in [0.5, 0.6) is 0 Å². The number of halogens is 12. The number of carbonyl (C=O) groups is 4. The number of ether oxygens (including phenoxy) is 2. The zero-order valence-electron chi connectivity index (χ0n) is 31.2. The molecular formula is C31H32F12O18S2. The maximum absolute atomic E-state index is 12.7. The van der Waals surface area contributed by atoms with Gasteiger partial charge in [-0.25, -0.2) is 19.2 Å². The molecule has 360 valence electrons. The molecule has 0 aliphatic carbocycles. The largest absolute Gasteiger partial charge is 0.478 e. The number of aliphatic hydroxyl groups is 4. The Hall–Kier alpha value is -4.86. The summed E-state index contributed by atoms with van der Waals surface area (Å²) in [5.74, 6) is -6.40. The second-order valence-corrected chi connectivity index (χ2v) is 15.5. The van der Waals surface area contributed by atoms with E-state index in [-0.39, 0.29) is 0 Å². The third-order valence-electron chi connectivity index (χ3n) is 7.65. The topological polar surface area (TPSA) is 317 Å². The number of esters is 2. The Kier molecular flexibility index (Phi) is 19.2. The zero-order chi connectivity index (χ0) is 50.2. The molecule has 63 heavy (non-hydrogen) atoms. The van der Waals surface area contributed by atoms with E-state index in [0.717, 1.165) is 6.07 Å². The average molecular weight is 985 g/mol. The van der Waals surface area contributed by atoms with Gasteiger partial charge in [0.15, 0.2) is 11.2 Å². The lowest BCUT2D eigenvalue weighted by molar-refractivity contribution is -0.371. The van der Waals surface area contributed by atoms with E-state index in [9.17, 15) is 93.8 Å². The molecule has 2 aromatic carbocycles. The maximum Gasteiger partial charge on any atom is 0.426 e. The molecule has 0 heterocycles. The summed E-state index contributed by atoms with van der Waals surface area (Å²) in [7, 11) is -9.84. The van der Waals surface area contributed by atoms with E-state index in [2.05, 4.69) is 9.47 Å². The molecule has 8 N–H and O–H groups in total. The van der Waals surface area contributed by atoms with Crippen molar-refractivity contribution in [2.24, 2.45) is 0 Å². The number of aliphatic hydroxyl groups excluding tert-OH is 1. The van der Waals surface area contributed by atoms with E-state index in [1.807, 2.05) is 0 Å². The second kappa shape index (κ2) is 20.8. The minimum absolute atomic E-state index is 0.308. The molecule has 0 aromatic heterocycles. The summed E-state index contributed by atoms with van der Waals surface area (Å²) in [5.41, 5.74) is -14.3. The molecule has 2 aromatic rings. The molecule has 2 unspecified atom stereocenters. The van der Waals surface area contributed by atoms with E-state index >= 15 is 0 Å². The Labute approximate surface area is 344 Å². The van der Waals surface area contributed by atoms with E-state index in [0.29, 0.717) is 44.2 Å². The van der Waals surface area contributed by atoms with Crippen LogP contribution in [-0.2, 0) is 29.7 Å². The van der Waals surface area contributed by atoms with Gasteiger partial charge in [0, 0.05) is 25.9 Å². The van der Waals surface area contributed by atoms with Gasteiger partial charge in [0.05, 0.1) is 45.3 Å². The third-order valence-corrected chi connectivity index (χ3v) is 9.31. The first kappa shape index (κ1) is 58.1. The standard InChI is InChI=1S/C18H17F9O9S.C8H6O7S.C5H9F3O2/c1-14(30,16(19,20)21)2-4-35-12(28)9-6-10(8-11(7-9)37(32,33)34)13(29)36-5-3-15(31,17(22,23)24)18(25,26)27;9-7(10)4-1-5(8(11)12)3-6(2-4)16(13,14)15;1-4(10,2-3-9)5(6,7)8/h6-8,30-31H,2-5H2,1H3,(H,32,33,34);1-3H,(H,9,10)(H,11,12)(H,13,14,15);9-10H,2-3H2,1H3. The van der Waals surface area contributed by atoms with Crippen LogP contribution in [0, 0.1) is 0 Å². The molecule has 32 heteroatoms. The van der Waals surface area contributed by atoms with Gasteiger partial charge in [-0.3, -0.25) is 9.11 Å². The Morgan fingerprint density at radius 2 is 0.794 bits per heavy atom. The first-order valence-corrected chi connectivity index (χ1v) is 18.8. The van der Waals surface area contributed by atoms with Gasteiger partial charge < -0.3 is 40.1 Å². The van der Waals surface area contributed by atoms with Crippen molar-refractivity contribution in [2.45, 2.75) is 84.4 Å². The Balaban J connectivity index is 0.00000120. The molecule has 0 spiro atoms. The smallest absolute Gasteiger partial charge is 0.426 e. The molecule has 0 aliphatic rings. The van der Waals surface area contributed by atoms with Gasteiger partial charge in [-0.05, 0) is 50.2 Å². The zero-order valence-corrected chi connectivity index (χ0v) is 32.9. The van der Waals surface area contributed by atoms with Crippen molar-refractivity contribution >= 4 is 44.1 Å². The summed E-state index contributed by atoms with van der Waals surface area (Å²) in [6, 6.07) is 3.26. The van der Waals surface area contributed by atoms with Crippen LogP contribution < -0.4 is 0 Å². The maximum atomic E-state index is 12.7. The number of carboxylic acids is 2. The van der Waals surface area contributed by atoms with Gasteiger partial charge in [-0.1, -0.05) is 0 Å². The highest BCUT2D eigenvalue weighted by atomic mass is 32.2. The van der Waals surface area contributed by atoms with Gasteiger partial charge in [0.1, 0.15) is 0 Å². The number of carbonyl (C=O) groups excluding carboxylic acids is 2. The lowest BCUT2D eigenvalue weighted by atomic mass is 9.99. The molecular weight excluding hydrogens is 952 g/mol. The lowest BCUT2D eigenvalue weighted by Crippen LogP contribution is -2.57. The summed E-state index contributed by atoms with van der Waals surface area (Å²) < 4.78 is 220. The highest BCUT2D eigenvalue weighted by molar-refractivity contribution is 7.86. The Bertz CT molecular complexity index is 2130. The van der Waals surface area contributed by atoms with Gasteiger partial charge in [-0.2, -0.15) is 69.5 Å². The summed E-state index contributed by atoms with van der Waals surface area (Å²) in [6.07, 6.45) is -26.3. The number of rotatable bonds is 14. The lowest BCUT2D eigenvalue weighted by Gasteiger charge is -2.31. The predicted octanol–water partition coefficient (Wildman–Crippen LogP) is 4.21. The summed E-state index contributed by atoms with van der Waals surface area (Å²) in [4.78, 5) is 43.4. The molecule has 18 nitrogen and oxygen atoms in total. The van der Waals surface area contributed by atoms with Crippen molar-refractivity contribution in [1.82, 2.24) is 0 Å². The van der Waals surface area contributed by atoms with Gasteiger partial charge >= 0.3 is 48.6 Å². The summed E-state index contributed by atoms with van der Waals surface area (Å²) >= 11 is 0. The van der Waals surface area contributed by atoms with E-state index in [1.54, 1.807) is 0 Å². The first-order valence-electron chi connectivity index (χ1n) is 16.0. The average Bonchev–Trinajstić information content (AvgIpc) is 3.08. The first-order chi connectivity index (χ1) is 27.9. The second-order valence-electron chi connectivity index (χ2n) is 12.7. The van der Waals surface area contributed by atoms with Crippen molar-refractivity contribution in [3.63, 3.8) is 0 Å². The number of alkyl halides is 12. The van der Waals surface area contributed by atoms with Crippen LogP contribution in [0.2, 0.25) is 0 Å². The molecule has 2 rings (SSSR count). The van der Waals surface area contributed by atoms with E-state index < -0.39 is 157 Å². The van der Waals surface area contributed by atoms with E-state index in [1.165, 1.54) is 0 Å². The van der Waals surface area contributed by atoms with Crippen LogP contribution in [0.4, 0.5) is 52.7 Å². The number of benzene rings is 2. The fourth-order valence-corrected chi connectivity index (χ4v) is 4.83. The van der Waals surface area contributed by atoms with Crippen molar-refractivity contribution in [3.05, 3.63) is 58.7 Å². The number of hydrogen-bond acceptors (Lipinski definition) is 14. The number of aromatic carboxylic acids is 2. The Morgan fingerprint density at radius 1 is 0.508 bits per heavy atom. The van der Waals surface area contributed by atoms with Crippen molar-refractivity contribution in [2.75, 3.05) is 19.8 Å². The Morgan fingerprint density at radius 3 is 1.05 bits per heavy atom. The van der Waals surface area contributed by atoms with Crippen LogP contribution in [-0.4, -0.2) is 142 Å². The molecule has 0 fully saturated rings. The van der Waals surface area contributed by atoms with Crippen molar-refractivity contribution in [3.8, 4) is 0 Å². The molecule has 0 bridgehead atoms. The quantitative estimate of drug-likeness (QED) is 0.0747. The number of carboxylic acid groups (broad SMARTS) is 2. The molecule has 0 amide bonds. The normalized spacial score (nSPS) is 14.7. The van der Waals surface area contributed by atoms with Gasteiger partial charge in [0.25, 0.3) is 25.8 Å². The minimum atomic E-state index is -6.23. The number of hydrogen-bond donors (Lipinski definition) is 8. The molecule has 0 saturated heterocycles. The minimum Gasteiger partial charge on any atom is -0.478 e. The molecule has 0 radical (unpaired) electrons. The molecule has 0 aliphatic heterocycles.